The summed E-state index contributed by atoms with van der Waals surface area (Å²) in [5.41, 5.74) is 5.55. The molecule has 0 aliphatic heterocycles. The van der Waals surface area contributed by atoms with Crippen molar-refractivity contribution in [3.05, 3.63) is 6.33 Å². The molecule has 1 atom stereocenters. The van der Waals surface area contributed by atoms with Crippen molar-refractivity contribution in [2.24, 2.45) is 5.73 Å². The van der Waals surface area contributed by atoms with Crippen LogP contribution in [-0.4, -0.2) is 38.2 Å². The fourth-order valence-electron chi connectivity index (χ4n) is 1.22. The van der Waals surface area contributed by atoms with E-state index in [0.29, 0.717) is 0 Å². The van der Waals surface area contributed by atoms with E-state index in [4.69, 9.17) is 10.8 Å². The molecule has 0 spiro atoms. The fourth-order valence-corrected chi connectivity index (χ4v) is 1.95. The molecule has 0 amide bonds. The van der Waals surface area contributed by atoms with Gasteiger partial charge in [-0.15, -0.1) is 0 Å². The molecule has 0 saturated heterocycles. The molecule has 6 heteroatoms. The van der Waals surface area contributed by atoms with E-state index in [0.717, 1.165) is 30.2 Å². The molecule has 0 saturated carbocycles. The van der Waals surface area contributed by atoms with E-state index in [1.54, 1.807) is 11.8 Å². The molecule has 4 N–H and O–H groups in total. The molecule has 1 aromatic rings. The summed E-state index contributed by atoms with van der Waals surface area (Å²) >= 11 is 1.62. The molecule has 86 valence electrons. The van der Waals surface area contributed by atoms with Crippen molar-refractivity contribution in [2.75, 3.05) is 12.4 Å². The van der Waals surface area contributed by atoms with Gasteiger partial charge in [0.15, 0.2) is 5.16 Å². The van der Waals surface area contributed by atoms with Crippen LogP contribution in [0.25, 0.3) is 0 Å². The number of hydrogen-bond donors (Lipinski definition) is 3. The van der Waals surface area contributed by atoms with Gasteiger partial charge in [0, 0.05) is 11.3 Å². The van der Waals surface area contributed by atoms with Crippen LogP contribution in [0.5, 0.6) is 0 Å². The highest BCUT2D eigenvalue weighted by molar-refractivity contribution is 7.99. The Morgan fingerprint density at radius 1 is 1.67 bits per heavy atom. The number of aliphatic hydroxyl groups is 1. The second-order valence-electron chi connectivity index (χ2n) is 3.62. The Balaban J connectivity index is 2.16. The number of nitrogens with two attached hydrogens (primary N) is 1. The number of thioether (sulfide) groups is 1. The van der Waals surface area contributed by atoms with E-state index in [1.165, 1.54) is 6.33 Å². The first kappa shape index (κ1) is 12.5. The predicted molar refractivity (Wildman–Crippen MR) is 60.6 cm³/mol. The van der Waals surface area contributed by atoms with Crippen molar-refractivity contribution in [3.8, 4) is 0 Å². The topological polar surface area (TPSA) is 87.8 Å². The second kappa shape index (κ2) is 6.09. The molecule has 0 aliphatic carbocycles. The zero-order valence-corrected chi connectivity index (χ0v) is 9.76. The van der Waals surface area contributed by atoms with Gasteiger partial charge in [-0.2, -0.15) is 5.10 Å². The van der Waals surface area contributed by atoms with Gasteiger partial charge in [-0.1, -0.05) is 18.7 Å². The van der Waals surface area contributed by atoms with E-state index in [2.05, 4.69) is 15.2 Å². The summed E-state index contributed by atoms with van der Waals surface area (Å²) in [6.07, 6.45) is 4.10. The second-order valence-corrected chi connectivity index (χ2v) is 4.70. The van der Waals surface area contributed by atoms with Crippen LogP contribution in [0.3, 0.4) is 0 Å². The van der Waals surface area contributed by atoms with Gasteiger partial charge in [0.1, 0.15) is 6.33 Å². The Morgan fingerprint density at radius 3 is 3.00 bits per heavy atom. The molecule has 1 heterocycles. The standard InChI is InChI=1S/C9H18N4OS/c1-2-9(10,6-14)4-3-5-15-8-11-7-12-13-8/h7,14H,2-6,10H2,1H3,(H,11,12,13). The Bertz CT molecular complexity index is 261. The molecule has 0 aliphatic rings. The predicted octanol–water partition coefficient (Wildman–Crippen LogP) is 0.777. The number of aromatic nitrogens is 3. The number of aliphatic hydroxyl groups excluding tert-OH is 1. The van der Waals surface area contributed by atoms with Crippen molar-refractivity contribution < 1.29 is 5.11 Å². The van der Waals surface area contributed by atoms with Crippen LogP contribution >= 0.6 is 11.8 Å². The monoisotopic (exact) mass is 230 g/mol. The van der Waals surface area contributed by atoms with E-state index in [-0.39, 0.29) is 6.61 Å². The lowest BCUT2D eigenvalue weighted by Gasteiger charge is -2.25. The summed E-state index contributed by atoms with van der Waals surface area (Å²) in [6, 6.07) is 0. The van der Waals surface area contributed by atoms with Gasteiger partial charge in [-0.3, -0.25) is 5.10 Å². The number of nitrogens with zero attached hydrogens (tertiary/aromatic N) is 2. The van der Waals surface area contributed by atoms with Crippen molar-refractivity contribution in [2.45, 2.75) is 36.9 Å². The smallest absolute Gasteiger partial charge is 0.183 e. The Kier molecular flexibility index (Phi) is 5.07. The molecule has 1 aromatic heterocycles. The van der Waals surface area contributed by atoms with Gasteiger partial charge in [-0.25, -0.2) is 4.98 Å². The van der Waals surface area contributed by atoms with Crippen LogP contribution in [0.1, 0.15) is 26.2 Å². The summed E-state index contributed by atoms with van der Waals surface area (Å²) in [7, 11) is 0. The molecule has 0 bridgehead atoms. The van der Waals surface area contributed by atoms with Crippen molar-refractivity contribution in [1.29, 1.82) is 0 Å². The molecular weight excluding hydrogens is 212 g/mol. The summed E-state index contributed by atoms with van der Waals surface area (Å²) in [6.45, 7) is 2.05. The highest BCUT2D eigenvalue weighted by Crippen LogP contribution is 2.18. The first-order valence-corrected chi connectivity index (χ1v) is 6.06. The molecular formula is C9H18N4OS. The lowest BCUT2D eigenvalue weighted by atomic mass is 9.93. The molecule has 15 heavy (non-hydrogen) atoms. The molecule has 1 rings (SSSR count). The third kappa shape index (κ3) is 4.19. The van der Waals surface area contributed by atoms with Gasteiger partial charge < -0.3 is 10.8 Å². The van der Waals surface area contributed by atoms with Crippen LogP contribution in [0.2, 0.25) is 0 Å². The van der Waals surface area contributed by atoms with Gasteiger partial charge in [0.05, 0.1) is 6.61 Å². The molecule has 5 nitrogen and oxygen atoms in total. The van der Waals surface area contributed by atoms with Gasteiger partial charge in [-0.05, 0) is 19.3 Å². The highest BCUT2D eigenvalue weighted by Gasteiger charge is 2.20. The molecule has 0 fully saturated rings. The summed E-state index contributed by atoms with van der Waals surface area (Å²) in [5.74, 6) is 0.939. The van der Waals surface area contributed by atoms with E-state index in [1.807, 2.05) is 6.92 Å². The number of aromatic amines is 1. The average molecular weight is 230 g/mol. The van der Waals surface area contributed by atoms with Crippen molar-refractivity contribution >= 4 is 11.8 Å². The van der Waals surface area contributed by atoms with Gasteiger partial charge >= 0.3 is 0 Å². The van der Waals surface area contributed by atoms with Crippen LogP contribution < -0.4 is 5.73 Å². The number of rotatable bonds is 7. The lowest BCUT2D eigenvalue weighted by molar-refractivity contribution is 0.182. The normalized spacial score (nSPS) is 15.1. The summed E-state index contributed by atoms with van der Waals surface area (Å²) in [5, 5.41) is 16.5. The lowest BCUT2D eigenvalue weighted by Crippen LogP contribution is -2.42. The number of hydrogen-bond acceptors (Lipinski definition) is 5. The van der Waals surface area contributed by atoms with Crippen LogP contribution in [0.4, 0.5) is 0 Å². The summed E-state index contributed by atoms with van der Waals surface area (Å²) < 4.78 is 0. The maximum atomic E-state index is 9.11. The zero-order valence-electron chi connectivity index (χ0n) is 8.94. The maximum Gasteiger partial charge on any atom is 0.183 e. The number of H-pyrrole nitrogens is 1. The minimum atomic E-state index is -0.415. The largest absolute Gasteiger partial charge is 0.394 e. The zero-order chi connectivity index (χ0) is 11.1. The minimum Gasteiger partial charge on any atom is -0.394 e. The Hall–Kier alpha value is -0.590. The van der Waals surface area contributed by atoms with Crippen molar-refractivity contribution in [3.63, 3.8) is 0 Å². The Labute approximate surface area is 93.9 Å². The first-order valence-electron chi connectivity index (χ1n) is 5.08. The van der Waals surface area contributed by atoms with Crippen LogP contribution in [-0.2, 0) is 0 Å². The minimum absolute atomic E-state index is 0.0521. The summed E-state index contributed by atoms with van der Waals surface area (Å²) in [4.78, 5) is 4.01. The molecule has 0 aromatic carbocycles. The first-order chi connectivity index (χ1) is 7.20. The third-order valence-electron chi connectivity index (χ3n) is 2.47. The quantitative estimate of drug-likeness (QED) is 0.476. The van der Waals surface area contributed by atoms with Crippen LogP contribution in [0.15, 0.2) is 11.5 Å². The Morgan fingerprint density at radius 2 is 2.47 bits per heavy atom. The van der Waals surface area contributed by atoms with Gasteiger partial charge in [0.25, 0.3) is 0 Å². The van der Waals surface area contributed by atoms with E-state index < -0.39 is 5.54 Å². The SMILES string of the molecule is CCC(N)(CO)CCCSc1ncn[nH]1. The molecule has 1 unspecified atom stereocenters. The average Bonchev–Trinajstić information content (AvgIpc) is 2.77. The van der Waals surface area contributed by atoms with Gasteiger partial charge in [0.2, 0.25) is 0 Å². The third-order valence-corrected chi connectivity index (χ3v) is 3.43. The fraction of sp³-hybridized carbons (Fsp3) is 0.778. The van der Waals surface area contributed by atoms with Crippen molar-refractivity contribution in [1.82, 2.24) is 15.2 Å². The highest BCUT2D eigenvalue weighted by atomic mass is 32.2. The van der Waals surface area contributed by atoms with E-state index >= 15 is 0 Å². The number of nitrogens with one attached hydrogen (secondary N) is 1. The maximum absolute atomic E-state index is 9.11. The molecule has 0 radical (unpaired) electrons. The van der Waals surface area contributed by atoms with Crippen LogP contribution in [0, 0.1) is 0 Å². The van der Waals surface area contributed by atoms with E-state index in [9.17, 15) is 0 Å².